The van der Waals surface area contributed by atoms with E-state index in [2.05, 4.69) is 27.2 Å². The van der Waals surface area contributed by atoms with E-state index in [0.717, 1.165) is 24.9 Å². The maximum Gasteiger partial charge on any atom is 0.137 e. The predicted molar refractivity (Wildman–Crippen MR) is 63.9 cm³/mol. The number of hydrogen-bond donors (Lipinski definition) is 1. The van der Waals surface area contributed by atoms with Crippen molar-refractivity contribution < 1.29 is 4.39 Å². The molecule has 0 saturated heterocycles. The lowest BCUT2D eigenvalue weighted by atomic mass is 10.2. The Balaban J connectivity index is 2.38. The summed E-state index contributed by atoms with van der Waals surface area (Å²) < 4.78 is 13.6. The monoisotopic (exact) mass is 269 g/mol. The van der Waals surface area contributed by atoms with Crippen molar-refractivity contribution in [3.8, 4) is 12.3 Å². The van der Waals surface area contributed by atoms with Gasteiger partial charge in [-0.25, -0.2) is 4.39 Å². The zero-order chi connectivity index (χ0) is 11.1. The SMILES string of the molecule is C#CCCCNCc1cccc(F)c1Br. The van der Waals surface area contributed by atoms with Gasteiger partial charge in [-0.15, -0.1) is 12.3 Å². The molecule has 1 aromatic carbocycles. The van der Waals surface area contributed by atoms with Gasteiger partial charge in [0, 0.05) is 13.0 Å². The van der Waals surface area contributed by atoms with Crippen LogP contribution in [0.25, 0.3) is 0 Å². The lowest BCUT2D eigenvalue weighted by Gasteiger charge is -2.06. The van der Waals surface area contributed by atoms with E-state index in [0.29, 0.717) is 11.0 Å². The molecule has 0 radical (unpaired) electrons. The fraction of sp³-hybridized carbons (Fsp3) is 0.333. The van der Waals surface area contributed by atoms with Crippen LogP contribution in [0.3, 0.4) is 0 Å². The molecule has 0 aliphatic rings. The molecule has 0 spiro atoms. The molecule has 0 aliphatic heterocycles. The van der Waals surface area contributed by atoms with E-state index >= 15 is 0 Å². The molecule has 0 unspecified atom stereocenters. The average Bonchev–Trinajstić information content (AvgIpc) is 2.24. The highest BCUT2D eigenvalue weighted by molar-refractivity contribution is 9.10. The molecule has 0 bridgehead atoms. The maximum absolute atomic E-state index is 13.1. The third-order valence-corrected chi connectivity index (χ3v) is 2.91. The molecule has 0 atom stereocenters. The molecule has 1 nitrogen and oxygen atoms in total. The van der Waals surface area contributed by atoms with Crippen molar-refractivity contribution in [3.63, 3.8) is 0 Å². The van der Waals surface area contributed by atoms with Gasteiger partial charge in [-0.05, 0) is 40.5 Å². The number of nitrogens with one attached hydrogen (secondary N) is 1. The lowest BCUT2D eigenvalue weighted by molar-refractivity contribution is 0.609. The Labute approximate surface area is 98.2 Å². The fourth-order valence-corrected chi connectivity index (χ4v) is 1.63. The van der Waals surface area contributed by atoms with Gasteiger partial charge in [0.05, 0.1) is 4.47 Å². The molecule has 0 amide bonds. The number of benzene rings is 1. The van der Waals surface area contributed by atoms with Crippen molar-refractivity contribution >= 4 is 15.9 Å². The molecule has 0 heterocycles. The predicted octanol–water partition coefficient (Wildman–Crippen LogP) is 3.09. The van der Waals surface area contributed by atoms with Gasteiger partial charge < -0.3 is 5.32 Å². The van der Waals surface area contributed by atoms with E-state index in [1.807, 2.05) is 6.07 Å². The summed E-state index contributed by atoms with van der Waals surface area (Å²) in [5, 5.41) is 3.21. The average molecular weight is 270 g/mol. The summed E-state index contributed by atoms with van der Waals surface area (Å²) in [5.74, 6) is 2.35. The van der Waals surface area contributed by atoms with Gasteiger partial charge in [0.15, 0.2) is 0 Å². The highest BCUT2D eigenvalue weighted by Crippen LogP contribution is 2.19. The van der Waals surface area contributed by atoms with Crippen molar-refractivity contribution in [1.29, 1.82) is 0 Å². The largest absolute Gasteiger partial charge is 0.313 e. The van der Waals surface area contributed by atoms with Gasteiger partial charge in [0.1, 0.15) is 5.82 Å². The molecule has 3 heteroatoms. The van der Waals surface area contributed by atoms with E-state index < -0.39 is 0 Å². The molecule has 1 rings (SSSR count). The molecule has 0 fully saturated rings. The second-order valence-corrected chi connectivity index (χ2v) is 3.99. The zero-order valence-electron chi connectivity index (χ0n) is 8.39. The number of terminal acetylenes is 1. The molecule has 15 heavy (non-hydrogen) atoms. The fourth-order valence-electron chi connectivity index (χ4n) is 1.22. The van der Waals surface area contributed by atoms with E-state index in [4.69, 9.17) is 6.42 Å². The summed E-state index contributed by atoms with van der Waals surface area (Å²) in [4.78, 5) is 0. The minimum atomic E-state index is -0.224. The van der Waals surface area contributed by atoms with Crippen molar-refractivity contribution in [2.75, 3.05) is 6.54 Å². The Morgan fingerprint density at radius 1 is 1.47 bits per heavy atom. The Hall–Kier alpha value is -0.850. The van der Waals surface area contributed by atoms with E-state index in [9.17, 15) is 4.39 Å². The van der Waals surface area contributed by atoms with Gasteiger partial charge >= 0.3 is 0 Å². The minimum Gasteiger partial charge on any atom is -0.313 e. The van der Waals surface area contributed by atoms with Gasteiger partial charge in [-0.3, -0.25) is 0 Å². The first-order valence-electron chi connectivity index (χ1n) is 4.82. The van der Waals surface area contributed by atoms with Crippen LogP contribution in [0.4, 0.5) is 4.39 Å². The van der Waals surface area contributed by atoms with Gasteiger partial charge in [-0.1, -0.05) is 12.1 Å². The summed E-state index contributed by atoms with van der Waals surface area (Å²) in [6, 6.07) is 5.03. The molecular weight excluding hydrogens is 257 g/mol. The molecule has 80 valence electrons. The van der Waals surface area contributed by atoms with E-state index in [1.165, 1.54) is 6.07 Å². The number of halogens is 2. The molecule has 1 aromatic rings. The first-order chi connectivity index (χ1) is 7.25. The minimum absolute atomic E-state index is 0.224. The summed E-state index contributed by atoms with van der Waals surface area (Å²) in [5.41, 5.74) is 0.927. The highest BCUT2D eigenvalue weighted by atomic mass is 79.9. The Morgan fingerprint density at radius 3 is 3.00 bits per heavy atom. The Kier molecular flexibility index (Phi) is 5.38. The van der Waals surface area contributed by atoms with Crippen LogP contribution in [0.5, 0.6) is 0 Å². The lowest BCUT2D eigenvalue weighted by Crippen LogP contribution is -2.15. The third-order valence-electron chi connectivity index (χ3n) is 2.02. The van der Waals surface area contributed by atoms with Gasteiger partial charge in [0.2, 0.25) is 0 Å². The quantitative estimate of drug-likeness (QED) is 0.640. The Morgan fingerprint density at radius 2 is 2.27 bits per heavy atom. The highest BCUT2D eigenvalue weighted by Gasteiger charge is 2.03. The standard InChI is InChI=1S/C12H13BrFN/c1-2-3-4-8-15-9-10-6-5-7-11(14)12(10)13/h1,5-7,15H,3-4,8-9H2. The van der Waals surface area contributed by atoms with Crippen LogP contribution in [-0.4, -0.2) is 6.54 Å². The van der Waals surface area contributed by atoms with Crippen LogP contribution >= 0.6 is 15.9 Å². The zero-order valence-corrected chi connectivity index (χ0v) is 9.98. The summed E-state index contributed by atoms with van der Waals surface area (Å²) in [6.07, 6.45) is 6.85. The normalized spacial score (nSPS) is 9.93. The Bertz CT molecular complexity index is 357. The second-order valence-electron chi connectivity index (χ2n) is 3.20. The van der Waals surface area contributed by atoms with Crippen molar-refractivity contribution in [2.45, 2.75) is 19.4 Å². The van der Waals surface area contributed by atoms with Gasteiger partial charge in [-0.2, -0.15) is 0 Å². The van der Waals surface area contributed by atoms with Crippen LogP contribution in [0, 0.1) is 18.2 Å². The maximum atomic E-state index is 13.1. The summed E-state index contributed by atoms with van der Waals surface area (Å²) in [6.45, 7) is 1.51. The van der Waals surface area contributed by atoms with Crippen LogP contribution in [0.2, 0.25) is 0 Å². The summed E-state index contributed by atoms with van der Waals surface area (Å²) >= 11 is 3.22. The molecule has 1 N–H and O–H groups in total. The van der Waals surface area contributed by atoms with Crippen LogP contribution in [-0.2, 0) is 6.54 Å². The van der Waals surface area contributed by atoms with E-state index in [1.54, 1.807) is 6.07 Å². The number of unbranched alkanes of at least 4 members (excludes halogenated alkanes) is 1. The first kappa shape index (κ1) is 12.2. The topological polar surface area (TPSA) is 12.0 Å². The van der Waals surface area contributed by atoms with Gasteiger partial charge in [0.25, 0.3) is 0 Å². The van der Waals surface area contributed by atoms with Crippen LogP contribution in [0.15, 0.2) is 22.7 Å². The molecule has 0 aliphatic carbocycles. The smallest absolute Gasteiger partial charge is 0.137 e. The number of hydrogen-bond acceptors (Lipinski definition) is 1. The third kappa shape index (κ3) is 4.03. The first-order valence-corrected chi connectivity index (χ1v) is 5.62. The molecule has 0 saturated carbocycles. The van der Waals surface area contributed by atoms with Crippen molar-refractivity contribution in [3.05, 3.63) is 34.1 Å². The molecule has 0 aromatic heterocycles. The second kappa shape index (κ2) is 6.60. The van der Waals surface area contributed by atoms with E-state index in [-0.39, 0.29) is 5.82 Å². The number of rotatable bonds is 5. The van der Waals surface area contributed by atoms with Crippen molar-refractivity contribution in [2.24, 2.45) is 0 Å². The van der Waals surface area contributed by atoms with Crippen LogP contribution < -0.4 is 5.32 Å². The molecular formula is C12H13BrFN. The van der Waals surface area contributed by atoms with Crippen LogP contribution in [0.1, 0.15) is 18.4 Å². The van der Waals surface area contributed by atoms with Crippen molar-refractivity contribution in [1.82, 2.24) is 5.32 Å². The summed E-state index contributed by atoms with van der Waals surface area (Å²) in [7, 11) is 0.